The highest BCUT2D eigenvalue weighted by Gasteiger charge is 2.28. The van der Waals surface area contributed by atoms with Gasteiger partial charge in [0.1, 0.15) is 17.9 Å². The highest BCUT2D eigenvalue weighted by Crippen LogP contribution is 2.09. The fourth-order valence-corrected chi connectivity index (χ4v) is 4.27. The summed E-state index contributed by atoms with van der Waals surface area (Å²) in [5.41, 5.74) is 12.9. The average molecular weight is 531 g/mol. The van der Waals surface area contributed by atoms with E-state index in [0.29, 0.717) is 12.0 Å². The Bertz CT molecular complexity index is 1190. The van der Waals surface area contributed by atoms with E-state index in [1.54, 1.807) is 24.3 Å². The van der Waals surface area contributed by atoms with Gasteiger partial charge in [-0.2, -0.15) is 0 Å². The third-order valence-corrected chi connectivity index (χ3v) is 7.03. The maximum absolute atomic E-state index is 13.1. The maximum Gasteiger partial charge on any atom is 0.242 e. The predicted molar refractivity (Wildman–Crippen MR) is 141 cm³/mol. The molecule has 0 aliphatic heterocycles. The minimum atomic E-state index is -3.72. The molecule has 8 N–H and O–H groups in total. The molecule has 2 aromatic rings. The zero-order chi connectivity index (χ0) is 27.4. The van der Waals surface area contributed by atoms with Crippen LogP contribution in [0.3, 0.4) is 0 Å². The zero-order valence-electron chi connectivity index (χ0n) is 20.7. The van der Waals surface area contributed by atoms with E-state index in [1.165, 1.54) is 6.92 Å². The van der Waals surface area contributed by atoms with Gasteiger partial charge >= 0.3 is 0 Å². The number of aryl methyl sites for hydroxylation is 1. The molecule has 3 amide bonds. The molecule has 0 spiro atoms. The van der Waals surface area contributed by atoms with Crippen LogP contribution in [0.25, 0.3) is 0 Å². The SMILES string of the molecule is CCS(=O)(=O)NC(CCc1ccccc1)C(=O)NC(CCC(N)=O)C(=O)NCc1ccc(C(=N)N)cc1. The summed E-state index contributed by atoms with van der Waals surface area (Å²) in [7, 11) is -3.72. The smallest absolute Gasteiger partial charge is 0.242 e. The standard InChI is InChI=1S/C25H34N6O5S/c1-2-37(35,36)31-21(13-10-17-6-4-3-5-7-17)25(34)30-20(14-15-22(26)32)24(33)29-16-18-8-11-19(12-9-18)23(27)28/h3-9,11-12,20-21,31H,2,10,13-16H2,1H3,(H2,26,32)(H3,27,28)(H,29,33)(H,30,34). The Morgan fingerprint density at radius 3 is 2.11 bits per heavy atom. The molecule has 0 saturated heterocycles. The molecule has 0 aliphatic carbocycles. The third kappa shape index (κ3) is 10.4. The molecule has 0 heterocycles. The lowest BCUT2D eigenvalue weighted by Crippen LogP contribution is -2.54. The van der Waals surface area contributed by atoms with Gasteiger partial charge in [-0.3, -0.25) is 19.8 Å². The molecule has 11 nitrogen and oxygen atoms in total. The summed E-state index contributed by atoms with van der Waals surface area (Å²) in [5.74, 6) is -2.16. The number of amides is 3. The minimum absolute atomic E-state index is 0.0535. The first-order valence-electron chi connectivity index (χ1n) is 11.8. The summed E-state index contributed by atoms with van der Waals surface area (Å²) in [4.78, 5) is 37.4. The second-order valence-corrected chi connectivity index (χ2v) is 10.5. The van der Waals surface area contributed by atoms with Crippen LogP contribution >= 0.6 is 0 Å². The average Bonchev–Trinajstić information content (AvgIpc) is 2.88. The Balaban J connectivity index is 2.12. The third-order valence-electron chi connectivity index (χ3n) is 5.63. The Morgan fingerprint density at radius 1 is 0.892 bits per heavy atom. The van der Waals surface area contributed by atoms with Crippen LogP contribution in [0.1, 0.15) is 42.9 Å². The monoisotopic (exact) mass is 530 g/mol. The van der Waals surface area contributed by atoms with E-state index in [9.17, 15) is 22.8 Å². The van der Waals surface area contributed by atoms with Crippen LogP contribution in [-0.2, 0) is 37.4 Å². The van der Waals surface area contributed by atoms with Gasteiger partial charge in [-0.1, -0.05) is 54.6 Å². The van der Waals surface area contributed by atoms with Crippen molar-refractivity contribution >= 4 is 33.6 Å². The highest BCUT2D eigenvalue weighted by atomic mass is 32.2. The van der Waals surface area contributed by atoms with Crippen molar-refractivity contribution in [3.05, 3.63) is 71.3 Å². The van der Waals surface area contributed by atoms with Gasteiger partial charge in [-0.05, 0) is 37.3 Å². The molecule has 0 aliphatic rings. The Kier molecular flexibility index (Phi) is 11.2. The van der Waals surface area contributed by atoms with Crippen molar-refractivity contribution in [2.24, 2.45) is 11.5 Å². The van der Waals surface area contributed by atoms with Crippen LogP contribution in [0.15, 0.2) is 54.6 Å². The van der Waals surface area contributed by atoms with E-state index in [4.69, 9.17) is 16.9 Å². The molecule has 2 rings (SSSR count). The van der Waals surface area contributed by atoms with Gasteiger partial charge in [0.15, 0.2) is 0 Å². The molecule has 200 valence electrons. The van der Waals surface area contributed by atoms with E-state index >= 15 is 0 Å². The van der Waals surface area contributed by atoms with Gasteiger partial charge in [-0.15, -0.1) is 0 Å². The number of benzene rings is 2. The number of nitrogen functional groups attached to an aromatic ring is 1. The van der Waals surface area contributed by atoms with Crippen LogP contribution < -0.4 is 26.8 Å². The van der Waals surface area contributed by atoms with E-state index in [1.807, 2.05) is 30.3 Å². The molecule has 0 saturated carbocycles. The number of primary amides is 1. The van der Waals surface area contributed by atoms with Crippen LogP contribution in [0, 0.1) is 5.41 Å². The lowest BCUT2D eigenvalue weighted by atomic mass is 10.0. The van der Waals surface area contributed by atoms with Crippen molar-refractivity contribution in [3.8, 4) is 0 Å². The summed E-state index contributed by atoms with van der Waals surface area (Å²) in [6.07, 6.45) is 0.393. The van der Waals surface area contributed by atoms with Crippen LogP contribution in [0.4, 0.5) is 0 Å². The predicted octanol–water partition coefficient (Wildman–Crippen LogP) is 0.278. The number of hydrogen-bond donors (Lipinski definition) is 6. The van der Waals surface area contributed by atoms with E-state index < -0.39 is 39.8 Å². The van der Waals surface area contributed by atoms with Crippen molar-refractivity contribution < 1.29 is 22.8 Å². The Hall–Kier alpha value is -3.77. The fraction of sp³-hybridized carbons (Fsp3) is 0.360. The number of rotatable bonds is 15. The van der Waals surface area contributed by atoms with Crippen LogP contribution in [0.5, 0.6) is 0 Å². The first-order valence-corrected chi connectivity index (χ1v) is 13.5. The summed E-state index contributed by atoms with van der Waals surface area (Å²) in [6, 6.07) is 13.8. The molecular weight excluding hydrogens is 496 g/mol. The molecule has 0 radical (unpaired) electrons. The van der Waals surface area contributed by atoms with Crippen LogP contribution in [-0.4, -0.2) is 49.8 Å². The van der Waals surface area contributed by atoms with Crippen molar-refractivity contribution in [2.45, 2.75) is 51.2 Å². The van der Waals surface area contributed by atoms with Crippen LogP contribution in [0.2, 0.25) is 0 Å². The minimum Gasteiger partial charge on any atom is -0.384 e. The summed E-state index contributed by atoms with van der Waals surface area (Å²) in [6.45, 7) is 1.58. The number of nitrogens with one attached hydrogen (secondary N) is 4. The lowest BCUT2D eigenvalue weighted by molar-refractivity contribution is -0.130. The molecule has 2 aromatic carbocycles. The molecule has 2 atom stereocenters. The number of carbonyl (C=O) groups excluding carboxylic acids is 3. The molecule has 0 fully saturated rings. The summed E-state index contributed by atoms with van der Waals surface area (Å²) in [5, 5.41) is 12.7. The molecule has 12 heteroatoms. The second-order valence-electron chi connectivity index (χ2n) is 8.49. The first kappa shape index (κ1) is 29.5. The van der Waals surface area contributed by atoms with Gasteiger partial charge in [0.05, 0.1) is 5.75 Å². The topological polar surface area (TPSA) is 197 Å². The number of amidine groups is 1. The molecule has 0 bridgehead atoms. The van der Waals surface area contributed by atoms with E-state index in [0.717, 1.165) is 11.1 Å². The molecule has 37 heavy (non-hydrogen) atoms. The first-order chi connectivity index (χ1) is 17.5. The number of carbonyl (C=O) groups is 3. The van der Waals surface area contributed by atoms with Gasteiger partial charge < -0.3 is 22.1 Å². The summed E-state index contributed by atoms with van der Waals surface area (Å²) >= 11 is 0. The van der Waals surface area contributed by atoms with E-state index in [2.05, 4.69) is 15.4 Å². The van der Waals surface area contributed by atoms with Crippen molar-refractivity contribution in [2.75, 3.05) is 5.75 Å². The second kappa shape index (κ2) is 14.1. The Labute approximate surface area is 216 Å². The van der Waals surface area contributed by atoms with Crippen molar-refractivity contribution in [1.29, 1.82) is 5.41 Å². The quantitative estimate of drug-likeness (QED) is 0.141. The largest absolute Gasteiger partial charge is 0.384 e. The van der Waals surface area contributed by atoms with Gasteiger partial charge in [0.2, 0.25) is 27.7 Å². The van der Waals surface area contributed by atoms with Gasteiger partial charge in [0.25, 0.3) is 0 Å². The van der Waals surface area contributed by atoms with Crippen molar-refractivity contribution in [3.63, 3.8) is 0 Å². The molecule has 0 aromatic heterocycles. The van der Waals surface area contributed by atoms with Crippen molar-refractivity contribution in [1.82, 2.24) is 15.4 Å². The maximum atomic E-state index is 13.1. The number of sulfonamides is 1. The molecular formula is C25H34N6O5S. The zero-order valence-corrected chi connectivity index (χ0v) is 21.5. The Morgan fingerprint density at radius 2 is 1.54 bits per heavy atom. The van der Waals surface area contributed by atoms with Gasteiger partial charge in [-0.25, -0.2) is 13.1 Å². The normalized spacial score (nSPS) is 12.8. The molecule has 2 unspecified atom stereocenters. The number of nitrogens with two attached hydrogens (primary N) is 2. The summed E-state index contributed by atoms with van der Waals surface area (Å²) < 4.78 is 26.9. The lowest BCUT2D eigenvalue weighted by Gasteiger charge is -2.23. The van der Waals surface area contributed by atoms with E-state index in [-0.39, 0.29) is 37.4 Å². The van der Waals surface area contributed by atoms with Gasteiger partial charge in [0, 0.05) is 18.5 Å². The highest BCUT2D eigenvalue weighted by molar-refractivity contribution is 7.89. The fourth-order valence-electron chi connectivity index (χ4n) is 3.44. The number of hydrogen-bond acceptors (Lipinski definition) is 6.